The Morgan fingerprint density at radius 2 is 1.50 bits per heavy atom. The topological polar surface area (TPSA) is 58.6 Å². The second-order valence-electron chi connectivity index (χ2n) is 10.3. The highest BCUT2D eigenvalue weighted by Gasteiger charge is 2.35. The molecule has 0 unspecified atom stereocenters. The second kappa shape index (κ2) is 9.50. The molecule has 2 amide bonds. The summed E-state index contributed by atoms with van der Waals surface area (Å²) in [7, 11) is 0. The van der Waals surface area contributed by atoms with E-state index in [1.807, 2.05) is 78.9 Å². The number of fused-ring (bicyclic) bond motifs is 1. The van der Waals surface area contributed by atoms with E-state index in [0.29, 0.717) is 18.0 Å². The van der Waals surface area contributed by atoms with Crippen molar-refractivity contribution in [2.45, 2.75) is 32.6 Å². The van der Waals surface area contributed by atoms with E-state index in [1.54, 1.807) is 4.90 Å². The van der Waals surface area contributed by atoms with Gasteiger partial charge in [0.25, 0.3) is 0 Å². The summed E-state index contributed by atoms with van der Waals surface area (Å²) in [5.74, 6) is 0.853. The monoisotopic (exact) mass is 478 g/mol. The standard InChI is InChI=1S/C31H30N2O3/c1-31(2,3)23-11-15-25(16-12-23)36-26-17-13-24(14-18-26)32-30(35)22-19-29(34)33(20-22)28-10-6-8-21-7-4-5-9-27(21)28/h4-18,22H,19-20H2,1-3H3,(H,32,35)/t22-/m0/s1. The smallest absolute Gasteiger partial charge is 0.229 e. The number of anilines is 2. The Bertz CT molecular complexity index is 1400. The van der Waals surface area contributed by atoms with Gasteiger partial charge in [-0.15, -0.1) is 0 Å². The molecular formula is C31H30N2O3. The molecule has 0 bridgehead atoms. The molecule has 0 saturated carbocycles. The van der Waals surface area contributed by atoms with E-state index < -0.39 is 5.92 Å². The minimum atomic E-state index is -0.409. The number of benzene rings is 4. The molecule has 0 radical (unpaired) electrons. The molecule has 0 aliphatic carbocycles. The van der Waals surface area contributed by atoms with Gasteiger partial charge in [0.2, 0.25) is 11.8 Å². The van der Waals surface area contributed by atoms with Crippen LogP contribution in [-0.4, -0.2) is 18.4 Å². The average molecular weight is 479 g/mol. The highest BCUT2D eigenvalue weighted by molar-refractivity contribution is 6.08. The van der Waals surface area contributed by atoms with Gasteiger partial charge in [-0.2, -0.15) is 0 Å². The van der Waals surface area contributed by atoms with Crippen LogP contribution in [0.2, 0.25) is 0 Å². The van der Waals surface area contributed by atoms with Crippen molar-refractivity contribution in [3.8, 4) is 11.5 Å². The molecule has 1 fully saturated rings. The third kappa shape index (κ3) is 4.96. The van der Waals surface area contributed by atoms with E-state index in [0.717, 1.165) is 22.2 Å². The highest BCUT2D eigenvalue weighted by Crippen LogP contribution is 2.32. The van der Waals surface area contributed by atoms with Gasteiger partial charge in [-0.25, -0.2) is 0 Å². The molecule has 1 heterocycles. The molecule has 5 heteroatoms. The predicted octanol–water partition coefficient (Wildman–Crippen LogP) is 6.92. The zero-order valence-corrected chi connectivity index (χ0v) is 20.8. The van der Waals surface area contributed by atoms with Crippen molar-refractivity contribution in [2.75, 3.05) is 16.8 Å². The van der Waals surface area contributed by atoms with Gasteiger partial charge in [-0.1, -0.05) is 69.3 Å². The molecule has 1 N–H and O–H groups in total. The summed E-state index contributed by atoms with van der Waals surface area (Å²) < 4.78 is 5.95. The van der Waals surface area contributed by atoms with Crippen LogP contribution in [0.1, 0.15) is 32.8 Å². The number of carbonyl (C=O) groups is 2. The van der Waals surface area contributed by atoms with Crippen molar-refractivity contribution in [1.29, 1.82) is 0 Å². The summed E-state index contributed by atoms with van der Waals surface area (Å²) in [5, 5.41) is 5.04. The molecular weight excluding hydrogens is 448 g/mol. The summed E-state index contributed by atoms with van der Waals surface area (Å²) in [6.07, 6.45) is 0.195. The first-order valence-corrected chi connectivity index (χ1v) is 12.3. The molecule has 1 saturated heterocycles. The van der Waals surface area contributed by atoms with Crippen molar-refractivity contribution < 1.29 is 14.3 Å². The Morgan fingerprint density at radius 3 is 2.19 bits per heavy atom. The van der Waals surface area contributed by atoms with Gasteiger partial charge in [0.15, 0.2) is 0 Å². The van der Waals surface area contributed by atoms with Crippen molar-refractivity contribution >= 4 is 34.0 Å². The van der Waals surface area contributed by atoms with E-state index >= 15 is 0 Å². The van der Waals surface area contributed by atoms with Crippen LogP contribution in [0.3, 0.4) is 0 Å². The molecule has 5 nitrogen and oxygen atoms in total. The minimum Gasteiger partial charge on any atom is -0.457 e. The SMILES string of the molecule is CC(C)(C)c1ccc(Oc2ccc(NC(=O)[C@H]3CC(=O)N(c4cccc5ccccc45)C3)cc2)cc1. The first-order chi connectivity index (χ1) is 17.3. The lowest BCUT2D eigenvalue weighted by molar-refractivity contribution is -0.122. The summed E-state index contributed by atoms with van der Waals surface area (Å²) >= 11 is 0. The molecule has 4 aromatic carbocycles. The van der Waals surface area contributed by atoms with Crippen LogP contribution < -0.4 is 15.0 Å². The van der Waals surface area contributed by atoms with Gasteiger partial charge in [0.05, 0.1) is 11.6 Å². The maximum atomic E-state index is 13.0. The maximum Gasteiger partial charge on any atom is 0.229 e. The molecule has 36 heavy (non-hydrogen) atoms. The molecule has 0 aromatic heterocycles. The number of amides is 2. The first kappa shape index (κ1) is 23.6. The Hall–Kier alpha value is -4.12. The van der Waals surface area contributed by atoms with E-state index in [2.05, 4.69) is 38.2 Å². The fraction of sp³-hybridized carbons (Fsp3) is 0.226. The largest absolute Gasteiger partial charge is 0.457 e. The third-order valence-corrected chi connectivity index (χ3v) is 6.63. The van der Waals surface area contributed by atoms with Gasteiger partial charge in [-0.05, 0) is 58.8 Å². The molecule has 4 aromatic rings. The van der Waals surface area contributed by atoms with Gasteiger partial charge >= 0.3 is 0 Å². The summed E-state index contributed by atoms with van der Waals surface area (Å²) in [5.41, 5.74) is 2.86. The fourth-order valence-corrected chi connectivity index (χ4v) is 4.57. The molecule has 1 aliphatic rings. The Morgan fingerprint density at radius 1 is 0.861 bits per heavy atom. The number of ether oxygens (including phenoxy) is 1. The van der Waals surface area contributed by atoms with Gasteiger partial charge in [0.1, 0.15) is 11.5 Å². The Kier molecular flexibility index (Phi) is 6.23. The number of carbonyl (C=O) groups excluding carboxylic acids is 2. The Balaban J connectivity index is 1.22. The third-order valence-electron chi connectivity index (χ3n) is 6.63. The molecule has 1 atom stereocenters. The lowest BCUT2D eigenvalue weighted by Gasteiger charge is -2.19. The van der Waals surface area contributed by atoms with Crippen LogP contribution in [0.25, 0.3) is 10.8 Å². The van der Waals surface area contributed by atoms with Crippen LogP contribution in [0, 0.1) is 5.92 Å². The fourth-order valence-electron chi connectivity index (χ4n) is 4.57. The first-order valence-electron chi connectivity index (χ1n) is 12.3. The molecule has 5 rings (SSSR count). The number of hydrogen-bond donors (Lipinski definition) is 1. The summed E-state index contributed by atoms with van der Waals surface area (Å²) in [6, 6.07) is 29.3. The van der Waals surface area contributed by atoms with Gasteiger partial charge < -0.3 is 15.0 Å². The van der Waals surface area contributed by atoms with Crippen molar-refractivity contribution in [3.05, 3.63) is 96.6 Å². The highest BCUT2D eigenvalue weighted by atomic mass is 16.5. The number of rotatable bonds is 5. The van der Waals surface area contributed by atoms with Crippen molar-refractivity contribution in [3.63, 3.8) is 0 Å². The van der Waals surface area contributed by atoms with Crippen LogP contribution in [-0.2, 0) is 15.0 Å². The van der Waals surface area contributed by atoms with Crippen molar-refractivity contribution in [1.82, 2.24) is 0 Å². The zero-order valence-electron chi connectivity index (χ0n) is 20.8. The van der Waals surface area contributed by atoms with Gasteiger partial charge in [-0.3, -0.25) is 9.59 Å². The minimum absolute atomic E-state index is 0.0345. The maximum absolute atomic E-state index is 13.0. The molecule has 1 aliphatic heterocycles. The predicted molar refractivity (Wildman–Crippen MR) is 145 cm³/mol. The van der Waals surface area contributed by atoms with Crippen LogP contribution in [0.4, 0.5) is 11.4 Å². The van der Waals surface area contributed by atoms with E-state index in [4.69, 9.17) is 4.74 Å². The quantitative estimate of drug-likeness (QED) is 0.339. The lowest BCUT2D eigenvalue weighted by atomic mass is 9.87. The van der Waals surface area contributed by atoms with Crippen molar-refractivity contribution in [2.24, 2.45) is 5.92 Å². The number of hydrogen-bond acceptors (Lipinski definition) is 3. The second-order valence-corrected chi connectivity index (χ2v) is 10.3. The summed E-state index contributed by atoms with van der Waals surface area (Å²) in [4.78, 5) is 27.5. The lowest BCUT2D eigenvalue weighted by Crippen LogP contribution is -2.28. The normalized spacial score (nSPS) is 15.8. The molecule has 182 valence electrons. The summed E-state index contributed by atoms with van der Waals surface area (Å²) in [6.45, 7) is 6.90. The molecule has 0 spiro atoms. The van der Waals surface area contributed by atoms with E-state index in [-0.39, 0.29) is 23.7 Å². The average Bonchev–Trinajstić information content (AvgIpc) is 3.26. The Labute approximate surface area is 211 Å². The number of nitrogens with one attached hydrogen (secondary N) is 1. The van der Waals surface area contributed by atoms with E-state index in [9.17, 15) is 9.59 Å². The van der Waals surface area contributed by atoms with E-state index in [1.165, 1.54) is 5.56 Å². The van der Waals surface area contributed by atoms with Crippen LogP contribution in [0.15, 0.2) is 91.0 Å². The van der Waals surface area contributed by atoms with Crippen LogP contribution in [0.5, 0.6) is 11.5 Å². The van der Waals surface area contributed by atoms with Gasteiger partial charge in [0, 0.05) is 24.0 Å². The number of nitrogens with zero attached hydrogens (tertiary/aromatic N) is 1. The van der Waals surface area contributed by atoms with Crippen LogP contribution >= 0.6 is 0 Å². The zero-order chi connectivity index (χ0) is 25.3.